The summed E-state index contributed by atoms with van der Waals surface area (Å²) < 4.78 is 1.94. The van der Waals surface area contributed by atoms with Crippen LogP contribution in [0.3, 0.4) is 0 Å². The smallest absolute Gasteiger partial charge is 0.314 e. The summed E-state index contributed by atoms with van der Waals surface area (Å²) in [7, 11) is 0. The Morgan fingerprint density at radius 2 is 2.27 bits per heavy atom. The Morgan fingerprint density at radius 3 is 3.05 bits per heavy atom. The molecule has 1 unspecified atom stereocenters. The highest BCUT2D eigenvalue weighted by molar-refractivity contribution is 5.90. The number of nitrogens with one attached hydrogen (secondary N) is 1. The zero-order valence-electron chi connectivity index (χ0n) is 13.0. The summed E-state index contributed by atoms with van der Waals surface area (Å²) in [6, 6.07) is 1.90. The highest BCUT2D eigenvalue weighted by atomic mass is 16.2. The second-order valence-electron chi connectivity index (χ2n) is 5.89. The van der Waals surface area contributed by atoms with Crippen LogP contribution in [0.5, 0.6) is 0 Å². The van der Waals surface area contributed by atoms with Gasteiger partial charge in [-0.15, -0.1) is 0 Å². The standard InChI is InChI=1S/C15H20N6O/c1-10(2)14-13(6-16-9-17-14)19-15(22)20-8-12-4-5-18-21(12)7-11(20)3/h4-6,9-11H,7-8H2,1-3H3,(H,19,22). The molecule has 116 valence electrons. The molecule has 0 aromatic carbocycles. The fourth-order valence-electron chi connectivity index (χ4n) is 2.69. The average molecular weight is 300 g/mol. The number of rotatable bonds is 2. The third kappa shape index (κ3) is 2.66. The first-order chi connectivity index (χ1) is 10.6. The molecule has 0 aliphatic carbocycles. The number of nitrogens with zero attached hydrogens (tertiary/aromatic N) is 5. The molecule has 1 aliphatic heterocycles. The third-order valence-corrected chi connectivity index (χ3v) is 3.90. The van der Waals surface area contributed by atoms with Crippen LogP contribution in [0, 0.1) is 0 Å². The van der Waals surface area contributed by atoms with Crippen molar-refractivity contribution in [3.63, 3.8) is 0 Å². The molecule has 22 heavy (non-hydrogen) atoms. The van der Waals surface area contributed by atoms with E-state index in [1.807, 2.05) is 36.4 Å². The Kier molecular flexibility index (Phi) is 3.79. The van der Waals surface area contributed by atoms with Crippen LogP contribution in [0.1, 0.15) is 38.1 Å². The molecule has 0 saturated heterocycles. The van der Waals surface area contributed by atoms with E-state index in [0.717, 1.165) is 11.4 Å². The Balaban J connectivity index is 1.78. The second-order valence-corrected chi connectivity index (χ2v) is 5.89. The lowest BCUT2D eigenvalue weighted by molar-refractivity contribution is 0.161. The van der Waals surface area contributed by atoms with Crippen molar-refractivity contribution in [2.24, 2.45) is 0 Å². The van der Waals surface area contributed by atoms with Crippen LogP contribution < -0.4 is 5.32 Å². The van der Waals surface area contributed by atoms with Crippen LogP contribution in [-0.4, -0.2) is 36.7 Å². The van der Waals surface area contributed by atoms with Crippen molar-refractivity contribution in [1.29, 1.82) is 0 Å². The number of hydrogen-bond acceptors (Lipinski definition) is 4. The maximum Gasteiger partial charge on any atom is 0.322 e. The van der Waals surface area contributed by atoms with E-state index < -0.39 is 0 Å². The number of aromatic nitrogens is 4. The molecule has 1 aliphatic rings. The first-order valence-corrected chi connectivity index (χ1v) is 7.44. The third-order valence-electron chi connectivity index (χ3n) is 3.90. The Morgan fingerprint density at radius 1 is 1.45 bits per heavy atom. The van der Waals surface area contributed by atoms with E-state index in [0.29, 0.717) is 18.8 Å². The zero-order chi connectivity index (χ0) is 15.7. The van der Waals surface area contributed by atoms with Crippen molar-refractivity contribution >= 4 is 11.7 Å². The minimum Gasteiger partial charge on any atom is -0.314 e. The minimum atomic E-state index is -0.128. The summed E-state index contributed by atoms with van der Waals surface area (Å²) in [6.45, 7) is 7.37. The van der Waals surface area contributed by atoms with Crippen molar-refractivity contribution in [3.05, 3.63) is 36.2 Å². The lowest BCUT2D eigenvalue weighted by Gasteiger charge is -2.34. The van der Waals surface area contributed by atoms with E-state index in [9.17, 15) is 4.79 Å². The summed E-state index contributed by atoms with van der Waals surface area (Å²) in [4.78, 5) is 22.7. The second kappa shape index (κ2) is 5.75. The summed E-state index contributed by atoms with van der Waals surface area (Å²) in [6.07, 6.45) is 4.93. The van der Waals surface area contributed by atoms with Gasteiger partial charge >= 0.3 is 6.03 Å². The van der Waals surface area contributed by atoms with Gasteiger partial charge in [-0.2, -0.15) is 5.10 Å². The predicted molar refractivity (Wildman–Crippen MR) is 82.4 cm³/mol. The van der Waals surface area contributed by atoms with Crippen LogP contribution >= 0.6 is 0 Å². The van der Waals surface area contributed by atoms with Gasteiger partial charge in [0.2, 0.25) is 0 Å². The monoisotopic (exact) mass is 300 g/mol. The lowest BCUT2D eigenvalue weighted by Crippen LogP contribution is -2.46. The van der Waals surface area contributed by atoms with E-state index in [1.165, 1.54) is 6.33 Å². The van der Waals surface area contributed by atoms with Crippen molar-refractivity contribution in [2.45, 2.75) is 45.8 Å². The fraction of sp³-hybridized carbons (Fsp3) is 0.467. The van der Waals surface area contributed by atoms with Crippen molar-refractivity contribution in [2.75, 3.05) is 5.32 Å². The van der Waals surface area contributed by atoms with E-state index in [4.69, 9.17) is 0 Å². The van der Waals surface area contributed by atoms with Gasteiger partial charge in [0.1, 0.15) is 6.33 Å². The van der Waals surface area contributed by atoms with E-state index in [-0.39, 0.29) is 18.0 Å². The molecule has 2 amide bonds. The molecular weight excluding hydrogens is 280 g/mol. The van der Waals surface area contributed by atoms with Gasteiger partial charge in [-0.25, -0.2) is 14.8 Å². The topological polar surface area (TPSA) is 75.9 Å². The molecule has 1 atom stereocenters. The molecule has 2 aromatic heterocycles. The van der Waals surface area contributed by atoms with Crippen LogP contribution in [0.4, 0.5) is 10.5 Å². The Labute approximate surface area is 129 Å². The number of urea groups is 1. The maximum atomic E-state index is 12.6. The van der Waals surface area contributed by atoms with Crippen LogP contribution in [-0.2, 0) is 13.1 Å². The number of anilines is 1. The number of fused-ring (bicyclic) bond motifs is 1. The van der Waals surface area contributed by atoms with Crippen molar-refractivity contribution in [1.82, 2.24) is 24.6 Å². The number of carbonyl (C=O) groups excluding carboxylic acids is 1. The fourth-order valence-corrected chi connectivity index (χ4v) is 2.69. The largest absolute Gasteiger partial charge is 0.322 e. The normalized spacial score (nSPS) is 17.5. The number of hydrogen-bond donors (Lipinski definition) is 1. The van der Waals surface area contributed by atoms with Gasteiger partial charge in [0.25, 0.3) is 0 Å². The van der Waals surface area contributed by atoms with Crippen molar-refractivity contribution in [3.8, 4) is 0 Å². The molecule has 0 spiro atoms. The van der Waals surface area contributed by atoms with Gasteiger partial charge in [0, 0.05) is 6.20 Å². The van der Waals surface area contributed by atoms with E-state index >= 15 is 0 Å². The summed E-state index contributed by atoms with van der Waals surface area (Å²) in [5.41, 5.74) is 2.56. The van der Waals surface area contributed by atoms with Gasteiger partial charge in [-0.05, 0) is 18.9 Å². The van der Waals surface area contributed by atoms with Crippen LogP contribution in [0.2, 0.25) is 0 Å². The molecule has 3 heterocycles. The summed E-state index contributed by atoms with van der Waals surface area (Å²) >= 11 is 0. The van der Waals surface area contributed by atoms with Gasteiger partial charge in [-0.1, -0.05) is 13.8 Å². The highest BCUT2D eigenvalue weighted by Crippen LogP contribution is 2.22. The molecule has 7 nitrogen and oxygen atoms in total. The lowest BCUT2D eigenvalue weighted by atomic mass is 10.1. The quantitative estimate of drug-likeness (QED) is 0.922. The highest BCUT2D eigenvalue weighted by Gasteiger charge is 2.27. The first kappa shape index (κ1) is 14.5. The predicted octanol–water partition coefficient (Wildman–Crippen LogP) is 2.23. The molecule has 7 heteroatoms. The van der Waals surface area contributed by atoms with Gasteiger partial charge in [0.15, 0.2) is 0 Å². The number of amides is 2. The van der Waals surface area contributed by atoms with Gasteiger partial charge < -0.3 is 10.2 Å². The van der Waals surface area contributed by atoms with Crippen LogP contribution in [0.15, 0.2) is 24.8 Å². The van der Waals surface area contributed by atoms with E-state index in [2.05, 4.69) is 20.4 Å². The average Bonchev–Trinajstić information content (AvgIpc) is 2.93. The van der Waals surface area contributed by atoms with Gasteiger partial charge in [-0.3, -0.25) is 4.68 Å². The maximum absolute atomic E-state index is 12.6. The molecule has 0 radical (unpaired) electrons. The van der Waals surface area contributed by atoms with Crippen molar-refractivity contribution < 1.29 is 4.79 Å². The molecule has 0 bridgehead atoms. The summed E-state index contributed by atoms with van der Waals surface area (Å²) in [5.74, 6) is 0.221. The molecule has 0 fully saturated rings. The van der Waals surface area contributed by atoms with Gasteiger partial charge in [0.05, 0.1) is 42.4 Å². The molecule has 3 rings (SSSR count). The summed E-state index contributed by atoms with van der Waals surface area (Å²) in [5, 5.41) is 7.21. The first-order valence-electron chi connectivity index (χ1n) is 7.44. The molecule has 1 N–H and O–H groups in total. The molecule has 2 aromatic rings. The van der Waals surface area contributed by atoms with Crippen LogP contribution in [0.25, 0.3) is 0 Å². The van der Waals surface area contributed by atoms with E-state index in [1.54, 1.807) is 12.4 Å². The molecular formula is C15H20N6O. The molecule has 0 saturated carbocycles. The Bertz CT molecular complexity index is 680. The Hall–Kier alpha value is -2.44. The SMILES string of the molecule is CC(C)c1ncncc1NC(=O)N1Cc2ccnn2CC1C. The number of carbonyl (C=O) groups is 1. The minimum absolute atomic E-state index is 0.0829. The zero-order valence-corrected chi connectivity index (χ0v) is 13.0.